The third kappa shape index (κ3) is 4.92. The standard InChI is InChI=1S/C22H24ClN3O3S2/c1-14-8-15(2)13-26(12-14)31(28,29)18-5-3-4-16(9-18)20(27)11-24-22-25-19-7-6-17(23)10-21(19)30-22/h3-7,9-10,14-15H,8,11-13H2,1-2H3,(H,24,25). The maximum absolute atomic E-state index is 13.1. The number of anilines is 1. The molecule has 0 saturated carbocycles. The second-order valence-electron chi connectivity index (χ2n) is 8.20. The first kappa shape index (κ1) is 22.2. The maximum Gasteiger partial charge on any atom is 0.243 e. The molecule has 164 valence electrons. The van der Waals surface area contributed by atoms with E-state index in [1.807, 2.05) is 12.1 Å². The van der Waals surface area contributed by atoms with E-state index in [4.69, 9.17) is 11.6 Å². The van der Waals surface area contributed by atoms with Gasteiger partial charge in [0.2, 0.25) is 10.0 Å². The van der Waals surface area contributed by atoms with Gasteiger partial charge in [0.05, 0.1) is 21.7 Å². The molecule has 0 aliphatic carbocycles. The largest absolute Gasteiger partial charge is 0.354 e. The number of Topliss-reactive ketones (excluding diaryl/α,β-unsaturated/α-hetero) is 1. The molecule has 31 heavy (non-hydrogen) atoms. The van der Waals surface area contributed by atoms with Crippen LogP contribution in [0.15, 0.2) is 47.4 Å². The van der Waals surface area contributed by atoms with Gasteiger partial charge in [0.1, 0.15) is 0 Å². The quantitative estimate of drug-likeness (QED) is 0.510. The van der Waals surface area contributed by atoms with Crippen LogP contribution in [0.25, 0.3) is 10.2 Å². The molecule has 0 bridgehead atoms. The van der Waals surface area contributed by atoms with Gasteiger partial charge in [-0.2, -0.15) is 4.31 Å². The highest BCUT2D eigenvalue weighted by Crippen LogP contribution is 2.29. The van der Waals surface area contributed by atoms with Crippen molar-refractivity contribution < 1.29 is 13.2 Å². The molecular formula is C22H24ClN3O3S2. The van der Waals surface area contributed by atoms with E-state index in [-0.39, 0.29) is 17.2 Å². The summed E-state index contributed by atoms with van der Waals surface area (Å²) in [7, 11) is -3.63. The van der Waals surface area contributed by atoms with Crippen molar-refractivity contribution in [1.82, 2.24) is 9.29 Å². The van der Waals surface area contributed by atoms with Gasteiger partial charge in [0, 0.05) is 23.7 Å². The summed E-state index contributed by atoms with van der Waals surface area (Å²) in [5.41, 5.74) is 1.17. The fourth-order valence-electron chi connectivity index (χ4n) is 4.01. The summed E-state index contributed by atoms with van der Waals surface area (Å²) in [4.78, 5) is 17.3. The second-order valence-corrected chi connectivity index (χ2v) is 11.6. The summed E-state index contributed by atoms with van der Waals surface area (Å²) < 4.78 is 28.8. The van der Waals surface area contributed by atoms with Gasteiger partial charge in [-0.15, -0.1) is 0 Å². The SMILES string of the molecule is CC1CC(C)CN(S(=O)(=O)c2cccc(C(=O)CNc3nc4ccc(Cl)cc4s3)c2)C1. The van der Waals surface area contributed by atoms with Gasteiger partial charge in [-0.25, -0.2) is 13.4 Å². The van der Waals surface area contributed by atoms with E-state index in [2.05, 4.69) is 24.1 Å². The average molecular weight is 478 g/mol. The number of thiazole rings is 1. The molecule has 1 saturated heterocycles. The minimum Gasteiger partial charge on any atom is -0.354 e. The number of aromatic nitrogens is 1. The van der Waals surface area contributed by atoms with Crippen molar-refractivity contribution in [3.8, 4) is 0 Å². The van der Waals surface area contributed by atoms with E-state index in [9.17, 15) is 13.2 Å². The van der Waals surface area contributed by atoms with Crippen molar-refractivity contribution in [3.05, 3.63) is 53.1 Å². The van der Waals surface area contributed by atoms with Gasteiger partial charge >= 0.3 is 0 Å². The van der Waals surface area contributed by atoms with Gasteiger partial charge in [-0.3, -0.25) is 4.79 Å². The van der Waals surface area contributed by atoms with Gasteiger partial charge in [-0.1, -0.05) is 48.9 Å². The van der Waals surface area contributed by atoms with Crippen LogP contribution in [0.4, 0.5) is 5.13 Å². The normalized spacial score (nSPS) is 20.1. The number of carbonyl (C=O) groups excluding carboxylic acids is 1. The summed E-state index contributed by atoms with van der Waals surface area (Å²) >= 11 is 7.42. The number of hydrogen-bond acceptors (Lipinski definition) is 6. The lowest BCUT2D eigenvalue weighted by Crippen LogP contribution is -2.42. The molecule has 1 aliphatic rings. The number of nitrogens with one attached hydrogen (secondary N) is 1. The molecule has 6 nitrogen and oxygen atoms in total. The van der Waals surface area contributed by atoms with Crippen LogP contribution >= 0.6 is 22.9 Å². The van der Waals surface area contributed by atoms with E-state index >= 15 is 0 Å². The molecule has 0 spiro atoms. The number of piperidine rings is 1. The van der Waals surface area contributed by atoms with Crippen molar-refractivity contribution in [2.24, 2.45) is 11.8 Å². The maximum atomic E-state index is 13.1. The zero-order chi connectivity index (χ0) is 22.2. The Morgan fingerprint density at radius 3 is 2.68 bits per heavy atom. The summed E-state index contributed by atoms with van der Waals surface area (Å²) in [5.74, 6) is 0.433. The molecule has 1 N–H and O–H groups in total. The third-order valence-electron chi connectivity index (χ3n) is 5.38. The Balaban J connectivity index is 1.48. The van der Waals surface area contributed by atoms with Crippen LogP contribution in [-0.2, 0) is 10.0 Å². The number of halogens is 1. The van der Waals surface area contributed by atoms with E-state index in [1.54, 1.807) is 28.6 Å². The number of sulfonamides is 1. The average Bonchev–Trinajstić information content (AvgIpc) is 3.13. The molecule has 1 aromatic heterocycles. The Morgan fingerprint density at radius 1 is 1.19 bits per heavy atom. The first-order chi connectivity index (χ1) is 14.7. The van der Waals surface area contributed by atoms with E-state index in [1.165, 1.54) is 17.4 Å². The second kappa shape index (κ2) is 8.86. The fraction of sp³-hybridized carbons (Fsp3) is 0.364. The van der Waals surface area contributed by atoms with Gasteiger partial charge in [0.15, 0.2) is 10.9 Å². The first-order valence-electron chi connectivity index (χ1n) is 10.2. The minimum atomic E-state index is -3.63. The Labute approximate surface area is 191 Å². The highest BCUT2D eigenvalue weighted by Gasteiger charge is 2.31. The van der Waals surface area contributed by atoms with Crippen LogP contribution in [0.5, 0.6) is 0 Å². The number of fused-ring (bicyclic) bond motifs is 1. The monoisotopic (exact) mass is 477 g/mol. The molecule has 0 radical (unpaired) electrons. The van der Waals surface area contributed by atoms with Crippen molar-refractivity contribution in [3.63, 3.8) is 0 Å². The molecule has 4 rings (SSSR count). The highest BCUT2D eigenvalue weighted by atomic mass is 35.5. The predicted molar refractivity (Wildman–Crippen MR) is 126 cm³/mol. The molecule has 1 aliphatic heterocycles. The number of ketones is 1. The Bertz CT molecular complexity index is 1220. The highest BCUT2D eigenvalue weighted by molar-refractivity contribution is 7.89. The summed E-state index contributed by atoms with van der Waals surface area (Å²) in [5, 5.41) is 4.29. The van der Waals surface area contributed by atoms with Crippen LogP contribution < -0.4 is 5.32 Å². The Hall–Kier alpha value is -2.00. The Morgan fingerprint density at radius 2 is 1.94 bits per heavy atom. The molecule has 2 unspecified atom stereocenters. The zero-order valence-corrected chi connectivity index (χ0v) is 19.7. The van der Waals surface area contributed by atoms with E-state index in [0.717, 1.165) is 16.6 Å². The number of nitrogens with zero attached hydrogens (tertiary/aromatic N) is 2. The molecule has 2 heterocycles. The lowest BCUT2D eigenvalue weighted by atomic mass is 9.94. The fourth-order valence-corrected chi connectivity index (χ4v) is 6.88. The molecule has 0 amide bonds. The molecule has 9 heteroatoms. The lowest BCUT2D eigenvalue weighted by molar-refractivity contribution is 0.101. The molecule has 3 aromatic rings. The van der Waals surface area contributed by atoms with E-state index < -0.39 is 10.0 Å². The van der Waals surface area contributed by atoms with Crippen molar-refractivity contribution in [2.75, 3.05) is 25.0 Å². The smallest absolute Gasteiger partial charge is 0.243 e. The lowest BCUT2D eigenvalue weighted by Gasteiger charge is -2.34. The van der Waals surface area contributed by atoms with Crippen molar-refractivity contribution >= 4 is 54.1 Å². The van der Waals surface area contributed by atoms with Crippen LogP contribution in [0, 0.1) is 11.8 Å². The number of benzene rings is 2. The van der Waals surface area contributed by atoms with Gasteiger partial charge in [-0.05, 0) is 48.6 Å². The topological polar surface area (TPSA) is 79.4 Å². The van der Waals surface area contributed by atoms with Crippen molar-refractivity contribution in [1.29, 1.82) is 0 Å². The molecule has 1 fully saturated rings. The zero-order valence-electron chi connectivity index (χ0n) is 17.3. The first-order valence-corrected chi connectivity index (χ1v) is 12.8. The van der Waals surface area contributed by atoms with Crippen LogP contribution in [0.2, 0.25) is 5.02 Å². The molecule has 2 aromatic carbocycles. The minimum absolute atomic E-state index is 0.0227. The van der Waals surface area contributed by atoms with Crippen LogP contribution in [0.3, 0.4) is 0 Å². The third-order valence-corrected chi connectivity index (χ3v) is 8.42. The van der Waals surface area contributed by atoms with Gasteiger partial charge < -0.3 is 5.32 Å². The summed E-state index contributed by atoms with van der Waals surface area (Å²) in [6.45, 7) is 5.18. The number of carbonyl (C=O) groups is 1. The molecule has 2 atom stereocenters. The van der Waals surface area contributed by atoms with Gasteiger partial charge in [0.25, 0.3) is 0 Å². The van der Waals surface area contributed by atoms with E-state index in [0.29, 0.717) is 40.6 Å². The predicted octanol–water partition coefficient (Wildman–Crippen LogP) is 4.91. The summed E-state index contributed by atoms with van der Waals surface area (Å²) in [6.07, 6.45) is 1.02. The summed E-state index contributed by atoms with van der Waals surface area (Å²) in [6, 6.07) is 11.7. The van der Waals surface area contributed by atoms with Crippen LogP contribution in [0.1, 0.15) is 30.6 Å². The number of rotatable bonds is 6. The van der Waals surface area contributed by atoms with Crippen molar-refractivity contribution in [2.45, 2.75) is 25.2 Å². The van der Waals surface area contributed by atoms with Crippen LogP contribution in [-0.4, -0.2) is 43.1 Å². The number of hydrogen-bond donors (Lipinski definition) is 1. The molecular weight excluding hydrogens is 454 g/mol. The Kier molecular flexibility index (Phi) is 6.35.